The van der Waals surface area contributed by atoms with E-state index >= 15 is 0 Å². The maximum Gasteiger partial charge on any atom is 0.243 e. The lowest BCUT2D eigenvalue weighted by atomic mass is 10.1. The molecule has 0 amide bonds. The Morgan fingerprint density at radius 1 is 0.478 bits per heavy atom. The van der Waals surface area contributed by atoms with E-state index in [1.807, 2.05) is 0 Å². The first-order valence-corrected chi connectivity index (χ1v) is 21.4. The number of unbranched alkanes of at least 4 members (excludes halogenated alkanes) is 17. The van der Waals surface area contributed by atoms with Gasteiger partial charge in [0.25, 0.3) is 0 Å². The molecule has 0 aliphatic carbocycles. The fraction of sp³-hybridized carbons (Fsp3) is 0.824. The first-order chi connectivity index (χ1) is 21.8. The second kappa shape index (κ2) is 28.3. The molecule has 2 aromatic rings. The van der Waals surface area contributed by atoms with Gasteiger partial charge in [-0.05, 0) is 51.4 Å². The number of aryl methyl sites for hydroxylation is 4. The van der Waals surface area contributed by atoms with Crippen molar-refractivity contribution in [2.45, 2.75) is 168 Å². The molecule has 0 radical (unpaired) electrons. The van der Waals surface area contributed by atoms with Gasteiger partial charge in [-0.25, -0.2) is 35.1 Å². The van der Waals surface area contributed by atoms with Crippen LogP contribution in [0.5, 0.6) is 0 Å². The molecule has 0 N–H and O–H groups in total. The Hall–Kier alpha value is -1.76. The van der Waals surface area contributed by atoms with Gasteiger partial charge in [-0.3, -0.25) is 0 Å². The maximum absolute atomic E-state index is 9.08. The van der Waals surface area contributed by atoms with Gasteiger partial charge in [-0.15, -0.1) is 0 Å². The summed E-state index contributed by atoms with van der Waals surface area (Å²) in [5.74, 6) is 0. The number of rotatable bonds is 25. The molecule has 0 aromatic carbocycles. The lowest BCUT2D eigenvalue weighted by molar-refractivity contribution is -0.697. The molecule has 10 nitrogen and oxygen atoms in total. The monoisotopic (exact) mass is 690 g/mol. The van der Waals surface area contributed by atoms with Gasteiger partial charge in [0.05, 0.1) is 46.4 Å². The number of hydrogen-bond donors (Lipinski definition) is 0. The van der Waals surface area contributed by atoms with Gasteiger partial charge < -0.3 is 9.11 Å². The van der Waals surface area contributed by atoms with E-state index in [0.717, 1.165) is 13.1 Å². The molecule has 46 heavy (non-hydrogen) atoms. The maximum atomic E-state index is 9.08. The molecule has 0 spiro atoms. The largest absolute Gasteiger partial charge is 0.748 e. The third kappa shape index (κ3) is 35.1. The summed E-state index contributed by atoms with van der Waals surface area (Å²) in [6.07, 6.45) is 42.4. The second-order valence-electron chi connectivity index (χ2n) is 12.6. The number of hydrogen-bond acceptors (Lipinski definition) is 6. The summed E-state index contributed by atoms with van der Waals surface area (Å²) in [6.45, 7) is 9.26. The quantitative estimate of drug-likeness (QED) is 0.0645. The Labute approximate surface area is 282 Å². The van der Waals surface area contributed by atoms with Crippen molar-refractivity contribution in [1.82, 2.24) is 9.13 Å². The van der Waals surface area contributed by atoms with E-state index in [2.05, 4.69) is 69.6 Å². The highest BCUT2D eigenvalue weighted by molar-refractivity contribution is 7.85. The van der Waals surface area contributed by atoms with E-state index in [4.69, 9.17) is 25.9 Å². The minimum absolute atomic E-state index is 0.604. The number of imidazole rings is 2. The van der Waals surface area contributed by atoms with Crippen molar-refractivity contribution in [3.63, 3.8) is 0 Å². The van der Waals surface area contributed by atoms with Crippen molar-refractivity contribution < 1.29 is 35.1 Å². The summed E-state index contributed by atoms with van der Waals surface area (Å²) in [5, 5.41) is 0. The van der Waals surface area contributed by atoms with Gasteiger partial charge in [0.1, 0.15) is 24.8 Å². The van der Waals surface area contributed by atoms with Crippen molar-refractivity contribution in [2.24, 2.45) is 0 Å². The molecule has 2 heterocycles. The van der Waals surface area contributed by atoms with Gasteiger partial charge >= 0.3 is 0 Å². The molecule has 12 heteroatoms. The third-order valence-electron chi connectivity index (χ3n) is 7.61. The van der Waals surface area contributed by atoms with Crippen LogP contribution in [0.2, 0.25) is 0 Å². The van der Waals surface area contributed by atoms with Crippen LogP contribution < -0.4 is 9.13 Å². The Morgan fingerprint density at radius 2 is 0.739 bits per heavy atom. The molecule has 0 fully saturated rings. The number of nitrogens with zero attached hydrogens (tertiary/aromatic N) is 4. The van der Waals surface area contributed by atoms with Crippen LogP contribution in [0.15, 0.2) is 37.4 Å². The summed E-state index contributed by atoms with van der Waals surface area (Å²) in [7, 11) is -7.83. The summed E-state index contributed by atoms with van der Waals surface area (Å²) in [6, 6.07) is 0. The SMILES string of the molecule is CCCCCCCCCC[n+]1ccn(CCCCCCn2cc[n+](CCCCCCCCCC)c2)c1.CS(=O)(=O)[O-].CS(=O)(=O)[O-]. The minimum Gasteiger partial charge on any atom is -0.748 e. The van der Waals surface area contributed by atoms with Crippen LogP contribution in [0.3, 0.4) is 0 Å². The Bertz CT molecular complexity index is 1070. The van der Waals surface area contributed by atoms with Crippen molar-refractivity contribution in [2.75, 3.05) is 12.5 Å². The fourth-order valence-corrected chi connectivity index (χ4v) is 5.21. The molecule has 270 valence electrons. The molecule has 2 rings (SSSR count). The van der Waals surface area contributed by atoms with Crippen LogP contribution in [0.4, 0.5) is 0 Å². The predicted octanol–water partition coefficient (Wildman–Crippen LogP) is 6.73. The van der Waals surface area contributed by atoms with Gasteiger partial charge in [-0.1, -0.05) is 90.9 Å². The van der Waals surface area contributed by atoms with E-state index < -0.39 is 20.2 Å². The molecule has 0 unspecified atom stereocenters. The van der Waals surface area contributed by atoms with Gasteiger partial charge in [-0.2, -0.15) is 0 Å². The zero-order chi connectivity index (χ0) is 34.5. The van der Waals surface area contributed by atoms with Crippen LogP contribution >= 0.6 is 0 Å². The minimum atomic E-state index is -3.92. The molecule has 0 saturated heterocycles. The third-order valence-corrected chi connectivity index (χ3v) is 7.61. The van der Waals surface area contributed by atoms with Crippen molar-refractivity contribution in [1.29, 1.82) is 0 Å². The van der Waals surface area contributed by atoms with Gasteiger partial charge in [0.2, 0.25) is 12.7 Å². The fourth-order valence-electron chi connectivity index (χ4n) is 5.21. The first kappa shape index (κ1) is 44.2. The Balaban J connectivity index is 0.00000175. The molecule has 2 aromatic heterocycles. The van der Waals surface area contributed by atoms with Crippen molar-refractivity contribution >= 4 is 20.2 Å². The predicted molar refractivity (Wildman–Crippen MR) is 184 cm³/mol. The van der Waals surface area contributed by atoms with Gasteiger partial charge in [0.15, 0.2) is 0 Å². The molecule has 0 bridgehead atoms. The number of aromatic nitrogens is 4. The van der Waals surface area contributed by atoms with E-state index in [0.29, 0.717) is 12.5 Å². The topological polar surface area (TPSA) is 132 Å². The van der Waals surface area contributed by atoms with Crippen LogP contribution in [0.25, 0.3) is 0 Å². The van der Waals surface area contributed by atoms with E-state index in [1.54, 1.807) is 0 Å². The first-order valence-electron chi connectivity index (χ1n) is 17.7. The second-order valence-corrected chi connectivity index (χ2v) is 15.4. The summed E-state index contributed by atoms with van der Waals surface area (Å²) < 4.78 is 64.0. The highest BCUT2D eigenvalue weighted by atomic mass is 32.2. The van der Waals surface area contributed by atoms with Crippen LogP contribution in [0, 0.1) is 0 Å². The average molecular weight is 691 g/mol. The zero-order valence-corrected chi connectivity index (χ0v) is 31.1. The molecule has 0 aliphatic heterocycles. The van der Waals surface area contributed by atoms with Crippen molar-refractivity contribution in [3.8, 4) is 0 Å². The van der Waals surface area contributed by atoms with E-state index in [-0.39, 0.29) is 0 Å². The summed E-state index contributed by atoms with van der Waals surface area (Å²) >= 11 is 0. The normalized spacial score (nSPS) is 11.5. The van der Waals surface area contributed by atoms with Crippen LogP contribution in [0.1, 0.15) is 142 Å². The van der Waals surface area contributed by atoms with Crippen LogP contribution in [-0.2, 0) is 46.4 Å². The van der Waals surface area contributed by atoms with E-state index in [1.165, 1.54) is 142 Å². The molecular weight excluding hydrogens is 625 g/mol. The van der Waals surface area contributed by atoms with Gasteiger partial charge in [0, 0.05) is 12.5 Å². The molecule has 0 atom stereocenters. The molecule has 0 saturated carbocycles. The Morgan fingerprint density at radius 3 is 1.04 bits per heavy atom. The molecular formula is C34H66N4O6S2. The van der Waals surface area contributed by atoms with E-state index in [9.17, 15) is 0 Å². The van der Waals surface area contributed by atoms with Crippen molar-refractivity contribution in [3.05, 3.63) is 37.4 Å². The lowest BCUT2D eigenvalue weighted by Crippen LogP contribution is -2.30. The standard InChI is InChI=1S/C32H60N4.2CH4O3S/c1-3-5-7-9-11-13-15-19-23-33-27-29-35(31-33)25-21-17-18-22-26-36-30-28-34(32-36)24-20-16-14-12-10-8-6-4-2;2*1-5(2,3)4/h27-32H,3-26H2,1-2H3;2*1H3,(H,2,3,4)/q+2;;/p-2. The summed E-state index contributed by atoms with van der Waals surface area (Å²) in [5.41, 5.74) is 0. The highest BCUT2D eigenvalue weighted by Crippen LogP contribution is 2.10. The Kier molecular flexibility index (Phi) is 27.2. The highest BCUT2D eigenvalue weighted by Gasteiger charge is 2.06. The molecule has 0 aliphatic rings. The average Bonchev–Trinajstić information content (AvgIpc) is 3.61. The zero-order valence-electron chi connectivity index (χ0n) is 29.5. The summed E-state index contributed by atoms with van der Waals surface area (Å²) in [4.78, 5) is 0. The lowest BCUT2D eigenvalue weighted by Gasteiger charge is -2.01. The smallest absolute Gasteiger partial charge is 0.243 e. The van der Waals surface area contributed by atoms with Crippen LogP contribution in [-0.4, -0.2) is 47.6 Å².